The van der Waals surface area contributed by atoms with Gasteiger partial charge in [0.2, 0.25) is 0 Å². The summed E-state index contributed by atoms with van der Waals surface area (Å²) in [6, 6.07) is 0. The van der Waals surface area contributed by atoms with Crippen molar-refractivity contribution >= 4 is 5.97 Å². The number of ether oxygens (including phenoxy) is 1. The van der Waals surface area contributed by atoms with Crippen LogP contribution in [-0.2, 0) is 14.6 Å². The summed E-state index contributed by atoms with van der Waals surface area (Å²) in [6.07, 6.45) is -2.88. The minimum atomic E-state index is -1.46. The highest BCUT2D eigenvalue weighted by molar-refractivity contribution is 5.88. The molecule has 0 spiro atoms. The van der Waals surface area contributed by atoms with Crippen molar-refractivity contribution in [2.75, 3.05) is 6.61 Å². The molecule has 0 bridgehead atoms. The lowest BCUT2D eigenvalue weighted by atomic mass is 10.2. The lowest BCUT2D eigenvalue weighted by molar-refractivity contribution is -0.148. The molecule has 12 heavy (non-hydrogen) atoms. The molecule has 6 nitrogen and oxygen atoms in total. The minimum absolute atomic E-state index is 0.699. The van der Waals surface area contributed by atoms with Gasteiger partial charge in [-0.25, -0.2) is 4.79 Å². The number of esters is 1. The quantitative estimate of drug-likeness (QED) is 0.441. The zero-order chi connectivity index (χ0) is 9.30. The predicted molar refractivity (Wildman–Crippen MR) is 33.3 cm³/mol. The maximum absolute atomic E-state index is 10.6. The van der Waals surface area contributed by atoms with Crippen LogP contribution in [0.15, 0.2) is 11.5 Å². The molecule has 0 aromatic heterocycles. The van der Waals surface area contributed by atoms with Crippen LogP contribution in [-0.4, -0.2) is 40.1 Å². The summed E-state index contributed by atoms with van der Waals surface area (Å²) in [5.41, 5.74) is 0. The lowest BCUT2D eigenvalue weighted by Crippen LogP contribution is -2.31. The molecule has 0 aromatic rings. The monoisotopic (exact) mass is 175 g/mol. The maximum atomic E-state index is 10.6. The number of aliphatic hydroxyl groups is 3. The molecule has 0 saturated heterocycles. The first-order chi connectivity index (χ1) is 5.57. The Hall–Kier alpha value is -1.27. The van der Waals surface area contributed by atoms with E-state index >= 15 is 0 Å². The van der Waals surface area contributed by atoms with Crippen molar-refractivity contribution in [1.82, 2.24) is 0 Å². The molecule has 67 valence electrons. The zero-order valence-electron chi connectivity index (χ0n) is 5.93. The van der Waals surface area contributed by atoms with Gasteiger partial charge in [-0.3, -0.25) is 5.11 Å². The van der Waals surface area contributed by atoms with E-state index in [1.165, 1.54) is 0 Å². The van der Waals surface area contributed by atoms with Gasteiger partial charge >= 0.3 is 11.7 Å². The third-order valence-corrected chi connectivity index (χ3v) is 1.46. The highest BCUT2D eigenvalue weighted by atomic mass is 16.6. The highest BCUT2D eigenvalue weighted by Gasteiger charge is 2.40. The van der Waals surface area contributed by atoms with Crippen LogP contribution in [0.25, 0.3) is 0 Å². The van der Waals surface area contributed by atoms with Crippen LogP contribution in [0.3, 0.4) is 0 Å². The molecule has 3 N–H and O–H groups in total. The van der Waals surface area contributed by atoms with Gasteiger partial charge < -0.3 is 20.1 Å². The van der Waals surface area contributed by atoms with Crippen LogP contribution in [0.2, 0.25) is 0 Å². The number of carbonyl (C=O) groups is 1. The summed E-state index contributed by atoms with van der Waals surface area (Å²) in [5, 5.41) is 36.8. The van der Waals surface area contributed by atoms with Crippen LogP contribution in [0, 0.1) is 0 Å². The van der Waals surface area contributed by atoms with E-state index in [9.17, 15) is 9.90 Å². The summed E-state index contributed by atoms with van der Waals surface area (Å²) in [4.78, 5) is 10.5. The topological polar surface area (TPSA) is 107 Å². The van der Waals surface area contributed by atoms with E-state index < -0.39 is 36.3 Å². The van der Waals surface area contributed by atoms with Crippen LogP contribution in [0.5, 0.6) is 0 Å². The molecule has 1 aliphatic rings. The molecule has 0 fully saturated rings. The van der Waals surface area contributed by atoms with Crippen LogP contribution in [0.4, 0.5) is 0 Å². The molecule has 1 radical (unpaired) electrons. The van der Waals surface area contributed by atoms with Gasteiger partial charge in [-0.05, 0) is 0 Å². The number of rotatable bonds is 2. The molecule has 1 aliphatic heterocycles. The first kappa shape index (κ1) is 8.82. The largest absolute Gasteiger partial charge is 0.505 e. The predicted octanol–water partition coefficient (Wildman–Crippen LogP) is -1.53. The first-order valence-electron chi connectivity index (χ1n) is 3.18. The summed E-state index contributed by atoms with van der Waals surface area (Å²) >= 11 is 0. The summed E-state index contributed by atoms with van der Waals surface area (Å²) < 4.78 is 4.25. The van der Waals surface area contributed by atoms with Gasteiger partial charge in [0, 0.05) is 0 Å². The Kier molecular flexibility index (Phi) is 2.20. The van der Waals surface area contributed by atoms with Crippen LogP contribution in [0.1, 0.15) is 0 Å². The molecular formula is C6H7O6. The molecule has 2 atom stereocenters. The van der Waals surface area contributed by atoms with Gasteiger partial charge in [0.25, 0.3) is 0 Å². The smallest absolute Gasteiger partial charge is 0.383 e. The second-order valence-corrected chi connectivity index (χ2v) is 2.29. The summed E-state index contributed by atoms with van der Waals surface area (Å²) in [5.74, 6) is -3.25. The number of cyclic esters (lactones) is 1. The third kappa shape index (κ3) is 1.21. The highest BCUT2D eigenvalue weighted by Crippen LogP contribution is 2.21. The zero-order valence-corrected chi connectivity index (χ0v) is 5.93. The summed E-state index contributed by atoms with van der Waals surface area (Å²) in [6.45, 7) is -0.699. The Morgan fingerprint density at radius 2 is 2.17 bits per heavy atom. The average Bonchev–Trinajstić information content (AvgIpc) is 2.32. The molecule has 0 unspecified atom stereocenters. The molecule has 1 heterocycles. The van der Waals surface area contributed by atoms with E-state index in [0.29, 0.717) is 0 Å². The van der Waals surface area contributed by atoms with E-state index in [1.807, 2.05) is 0 Å². The van der Waals surface area contributed by atoms with Crippen LogP contribution < -0.4 is 0 Å². The fourth-order valence-corrected chi connectivity index (χ4v) is 0.815. The Bertz CT molecular complexity index is 232. The van der Waals surface area contributed by atoms with Crippen molar-refractivity contribution < 1.29 is 30.0 Å². The molecule has 0 amide bonds. The summed E-state index contributed by atoms with van der Waals surface area (Å²) in [7, 11) is 0. The van der Waals surface area contributed by atoms with Crippen molar-refractivity contribution in [1.29, 1.82) is 0 Å². The van der Waals surface area contributed by atoms with E-state index in [1.54, 1.807) is 0 Å². The second-order valence-electron chi connectivity index (χ2n) is 2.29. The standard InChI is InChI=1S/C6H7O6/c7-1-2(8)5-3(9)4(10)6(11)12-5/h2,5,7-9H,1H2/t2-,5+/m0/s1. The number of hydrogen-bond acceptors (Lipinski definition) is 5. The molecule has 6 heteroatoms. The van der Waals surface area contributed by atoms with E-state index in [2.05, 4.69) is 4.74 Å². The van der Waals surface area contributed by atoms with Crippen molar-refractivity contribution in [3.63, 3.8) is 0 Å². The number of hydrogen-bond donors (Lipinski definition) is 3. The Labute approximate surface area is 67.3 Å². The SMILES string of the molecule is [O]C1=C(O)[C@@H]([C@@H](O)CO)OC1=O. The normalized spacial score (nSPS) is 25.8. The van der Waals surface area contributed by atoms with Gasteiger partial charge in [-0.2, -0.15) is 0 Å². The van der Waals surface area contributed by atoms with Crippen LogP contribution >= 0.6 is 0 Å². The molecule has 0 saturated carbocycles. The average molecular weight is 175 g/mol. The van der Waals surface area contributed by atoms with E-state index in [0.717, 1.165) is 0 Å². The number of aliphatic hydroxyl groups excluding tert-OH is 3. The Balaban J connectivity index is 2.80. The van der Waals surface area contributed by atoms with Crippen molar-refractivity contribution in [2.45, 2.75) is 12.2 Å². The van der Waals surface area contributed by atoms with Gasteiger partial charge in [0.15, 0.2) is 11.9 Å². The second kappa shape index (κ2) is 3.00. The molecule has 0 aliphatic carbocycles. The molecule has 1 rings (SSSR count). The Morgan fingerprint density at radius 1 is 1.58 bits per heavy atom. The van der Waals surface area contributed by atoms with Crippen molar-refractivity contribution in [2.24, 2.45) is 0 Å². The minimum Gasteiger partial charge on any atom is -0.505 e. The number of carbonyl (C=O) groups excluding carboxylic acids is 1. The van der Waals surface area contributed by atoms with Gasteiger partial charge in [0.1, 0.15) is 6.10 Å². The first-order valence-corrected chi connectivity index (χ1v) is 3.18. The van der Waals surface area contributed by atoms with Crippen molar-refractivity contribution in [3.05, 3.63) is 11.5 Å². The third-order valence-electron chi connectivity index (χ3n) is 1.46. The molecule has 0 aromatic carbocycles. The maximum Gasteiger partial charge on any atom is 0.383 e. The van der Waals surface area contributed by atoms with Gasteiger partial charge in [-0.1, -0.05) is 0 Å². The lowest BCUT2D eigenvalue weighted by Gasteiger charge is -2.13. The fourth-order valence-electron chi connectivity index (χ4n) is 0.815. The molecular weight excluding hydrogens is 168 g/mol. The van der Waals surface area contributed by atoms with Gasteiger partial charge in [-0.15, -0.1) is 0 Å². The Morgan fingerprint density at radius 3 is 2.50 bits per heavy atom. The fraction of sp³-hybridized carbons (Fsp3) is 0.500. The van der Waals surface area contributed by atoms with E-state index in [4.69, 9.17) is 15.3 Å². The van der Waals surface area contributed by atoms with Crippen molar-refractivity contribution in [3.8, 4) is 0 Å². The van der Waals surface area contributed by atoms with Gasteiger partial charge in [0.05, 0.1) is 6.61 Å². The van der Waals surface area contributed by atoms with E-state index in [-0.39, 0.29) is 0 Å².